The van der Waals surface area contributed by atoms with Crippen LogP contribution in [0.5, 0.6) is 5.75 Å². The average molecular weight is 403 g/mol. The normalized spacial score (nSPS) is 18.4. The van der Waals surface area contributed by atoms with Crippen LogP contribution in [0.1, 0.15) is 23.2 Å². The molecule has 2 aliphatic heterocycles. The molecule has 1 saturated heterocycles. The summed E-state index contributed by atoms with van der Waals surface area (Å²) in [6.45, 7) is 2.16. The van der Waals surface area contributed by atoms with Crippen LogP contribution in [0.15, 0.2) is 30.5 Å². The van der Waals surface area contributed by atoms with Crippen molar-refractivity contribution in [1.29, 1.82) is 10.5 Å². The third kappa shape index (κ3) is 4.25. The lowest BCUT2D eigenvalue weighted by Gasteiger charge is -2.22. The molecule has 2 aliphatic rings. The second-order valence-electron chi connectivity index (χ2n) is 7.27. The summed E-state index contributed by atoms with van der Waals surface area (Å²) in [6, 6.07) is 11.0. The van der Waals surface area contributed by atoms with Crippen molar-refractivity contribution in [3.8, 4) is 29.0 Å². The number of rotatable bonds is 4. The van der Waals surface area contributed by atoms with Crippen molar-refractivity contribution in [3.05, 3.63) is 47.3 Å². The lowest BCUT2D eigenvalue weighted by Crippen LogP contribution is -2.46. The van der Waals surface area contributed by atoms with E-state index in [1.165, 1.54) is 0 Å². The number of benzene rings is 1. The molecule has 0 radical (unpaired) electrons. The monoisotopic (exact) mass is 403 g/mol. The maximum atomic E-state index is 12.5. The maximum absolute atomic E-state index is 12.5. The molecular formula is C22H21N5O3. The minimum absolute atomic E-state index is 0.273. The Bertz CT molecular complexity index is 1030. The molecule has 1 fully saturated rings. The van der Waals surface area contributed by atoms with Crippen molar-refractivity contribution in [2.24, 2.45) is 0 Å². The van der Waals surface area contributed by atoms with Crippen molar-refractivity contribution in [3.63, 3.8) is 0 Å². The zero-order valence-corrected chi connectivity index (χ0v) is 16.4. The minimum Gasteiger partial charge on any atom is -0.488 e. The molecule has 0 spiro atoms. The van der Waals surface area contributed by atoms with E-state index in [9.17, 15) is 10.1 Å². The van der Waals surface area contributed by atoms with E-state index in [4.69, 9.17) is 14.7 Å². The number of fused-ring (bicyclic) bond motifs is 3. The molecule has 2 N–H and O–H groups in total. The lowest BCUT2D eigenvalue weighted by atomic mass is 9.94. The zero-order valence-electron chi connectivity index (χ0n) is 16.4. The fourth-order valence-electron chi connectivity index (χ4n) is 3.64. The van der Waals surface area contributed by atoms with Gasteiger partial charge in [0.05, 0.1) is 6.07 Å². The van der Waals surface area contributed by atoms with Crippen molar-refractivity contribution in [2.45, 2.75) is 31.6 Å². The molecule has 1 aromatic carbocycles. The third-order valence-electron chi connectivity index (χ3n) is 5.17. The van der Waals surface area contributed by atoms with Gasteiger partial charge in [0.15, 0.2) is 0 Å². The van der Waals surface area contributed by atoms with E-state index in [1.54, 1.807) is 12.3 Å². The first kappa shape index (κ1) is 19.8. The van der Waals surface area contributed by atoms with Gasteiger partial charge in [-0.3, -0.25) is 4.79 Å². The molecule has 2 atom stereocenters. The molecule has 3 heterocycles. The van der Waals surface area contributed by atoms with Crippen LogP contribution in [0, 0.1) is 22.7 Å². The molecule has 8 heteroatoms. The van der Waals surface area contributed by atoms with Crippen LogP contribution >= 0.6 is 0 Å². The molecule has 1 amide bonds. The highest BCUT2D eigenvalue weighted by Gasteiger charge is 2.24. The van der Waals surface area contributed by atoms with E-state index in [0.29, 0.717) is 37.6 Å². The lowest BCUT2D eigenvalue weighted by molar-refractivity contribution is -0.132. The number of carbonyl (C=O) groups is 1. The van der Waals surface area contributed by atoms with Gasteiger partial charge in [0.25, 0.3) is 5.91 Å². The first-order valence-corrected chi connectivity index (χ1v) is 9.85. The fraction of sp³-hybridized carbons (Fsp3) is 0.364. The van der Waals surface area contributed by atoms with Crippen LogP contribution in [-0.2, 0) is 22.6 Å². The number of nitrogens with one attached hydrogen (secondary N) is 2. The summed E-state index contributed by atoms with van der Waals surface area (Å²) in [5.74, 6) is 0.367. The highest BCUT2D eigenvalue weighted by Crippen LogP contribution is 2.37. The first-order valence-electron chi connectivity index (χ1n) is 9.85. The van der Waals surface area contributed by atoms with E-state index < -0.39 is 12.1 Å². The zero-order chi connectivity index (χ0) is 20.9. The van der Waals surface area contributed by atoms with Gasteiger partial charge in [-0.05, 0) is 29.7 Å². The van der Waals surface area contributed by atoms with Crippen LogP contribution in [0.4, 0.5) is 0 Å². The summed E-state index contributed by atoms with van der Waals surface area (Å²) in [5.41, 5.74) is 4.05. The van der Waals surface area contributed by atoms with Gasteiger partial charge in [0, 0.05) is 37.4 Å². The molecule has 152 valence electrons. The Kier molecular flexibility index (Phi) is 5.89. The topological polar surface area (TPSA) is 120 Å². The summed E-state index contributed by atoms with van der Waals surface area (Å²) in [5, 5.41) is 24.5. The van der Waals surface area contributed by atoms with Crippen molar-refractivity contribution < 1.29 is 14.3 Å². The molecule has 4 rings (SSSR count). The van der Waals surface area contributed by atoms with Crippen LogP contribution in [-0.4, -0.2) is 42.7 Å². The predicted octanol–water partition coefficient (Wildman–Crippen LogP) is 1.44. The molecule has 1 aromatic heterocycles. The predicted molar refractivity (Wildman–Crippen MR) is 107 cm³/mol. The maximum Gasteiger partial charge on any atom is 0.251 e. The highest BCUT2D eigenvalue weighted by atomic mass is 16.5. The SMILES string of the molecule is N#Cc1cc2c(cn1)-c1ccc(C[C@@H](C#N)NC(=O)[C@@H]3CNCCCO3)cc1CO2. The third-order valence-corrected chi connectivity index (χ3v) is 5.17. The van der Waals surface area contributed by atoms with Crippen LogP contribution in [0.2, 0.25) is 0 Å². The second-order valence-corrected chi connectivity index (χ2v) is 7.27. The van der Waals surface area contributed by atoms with Crippen LogP contribution in [0.3, 0.4) is 0 Å². The quantitative estimate of drug-likeness (QED) is 0.792. The molecule has 0 unspecified atom stereocenters. The fourth-order valence-corrected chi connectivity index (χ4v) is 3.64. The number of ether oxygens (including phenoxy) is 2. The Morgan fingerprint density at radius 1 is 1.33 bits per heavy atom. The Morgan fingerprint density at radius 2 is 2.23 bits per heavy atom. The van der Waals surface area contributed by atoms with Gasteiger partial charge < -0.3 is 20.1 Å². The largest absolute Gasteiger partial charge is 0.488 e. The Labute approximate surface area is 174 Å². The number of pyridine rings is 1. The van der Waals surface area contributed by atoms with E-state index in [-0.39, 0.29) is 5.91 Å². The summed E-state index contributed by atoms with van der Waals surface area (Å²) in [4.78, 5) is 16.6. The van der Waals surface area contributed by atoms with Gasteiger partial charge in [-0.15, -0.1) is 0 Å². The van der Waals surface area contributed by atoms with Gasteiger partial charge in [-0.2, -0.15) is 10.5 Å². The number of carbonyl (C=O) groups excluding carboxylic acids is 1. The molecule has 0 saturated carbocycles. The summed E-state index contributed by atoms with van der Waals surface area (Å²) in [6.07, 6.45) is 2.31. The Hall–Kier alpha value is -3.46. The van der Waals surface area contributed by atoms with Crippen LogP contribution in [0.25, 0.3) is 11.1 Å². The van der Waals surface area contributed by atoms with Gasteiger partial charge in [0.2, 0.25) is 0 Å². The number of hydrogen-bond acceptors (Lipinski definition) is 7. The summed E-state index contributed by atoms with van der Waals surface area (Å²) in [7, 11) is 0. The van der Waals surface area contributed by atoms with E-state index in [2.05, 4.69) is 21.7 Å². The summed E-state index contributed by atoms with van der Waals surface area (Å²) >= 11 is 0. The van der Waals surface area contributed by atoms with E-state index >= 15 is 0 Å². The number of hydrogen-bond donors (Lipinski definition) is 2. The highest BCUT2D eigenvalue weighted by molar-refractivity contribution is 5.81. The Morgan fingerprint density at radius 3 is 3.07 bits per heavy atom. The van der Waals surface area contributed by atoms with Gasteiger partial charge in [0.1, 0.15) is 36.3 Å². The van der Waals surface area contributed by atoms with E-state index in [1.807, 2.05) is 24.3 Å². The molecule has 8 nitrogen and oxygen atoms in total. The molecule has 30 heavy (non-hydrogen) atoms. The second kappa shape index (κ2) is 8.91. The number of nitriles is 2. The molecular weight excluding hydrogens is 382 g/mol. The number of aromatic nitrogens is 1. The van der Waals surface area contributed by atoms with Crippen molar-refractivity contribution in [1.82, 2.24) is 15.6 Å². The molecule has 0 bridgehead atoms. The first-order chi connectivity index (χ1) is 14.7. The molecule has 2 aromatic rings. The summed E-state index contributed by atoms with van der Waals surface area (Å²) < 4.78 is 11.3. The van der Waals surface area contributed by atoms with Gasteiger partial charge in [-0.25, -0.2) is 4.98 Å². The Balaban J connectivity index is 1.46. The average Bonchev–Trinajstić information content (AvgIpc) is 3.07. The van der Waals surface area contributed by atoms with Crippen LogP contribution < -0.4 is 15.4 Å². The van der Waals surface area contributed by atoms with Gasteiger partial charge >= 0.3 is 0 Å². The smallest absolute Gasteiger partial charge is 0.251 e. The number of amides is 1. The molecule has 0 aliphatic carbocycles. The standard InChI is InChI=1S/C22H21N5O3/c23-9-16-8-20-19(11-26-16)18-3-2-14(6-15(18)13-30-20)7-17(10-24)27-22(28)21-12-25-4-1-5-29-21/h2-3,6,8,11,17,21,25H,1,4-5,7,12-13H2,(H,27,28)/t17-,21-/m0/s1. The number of nitrogens with zero attached hydrogens (tertiary/aromatic N) is 3. The van der Waals surface area contributed by atoms with Gasteiger partial charge in [-0.1, -0.05) is 18.2 Å². The minimum atomic E-state index is -0.654. The van der Waals surface area contributed by atoms with Crippen molar-refractivity contribution in [2.75, 3.05) is 19.7 Å². The van der Waals surface area contributed by atoms with E-state index in [0.717, 1.165) is 35.2 Å². The van der Waals surface area contributed by atoms with Crippen molar-refractivity contribution >= 4 is 5.91 Å².